The van der Waals surface area contributed by atoms with Crippen LogP contribution in [0.15, 0.2) is 53.1 Å². The number of benzene rings is 1. The Morgan fingerprint density at radius 3 is 2.43 bits per heavy atom. The molecule has 2 atom stereocenters. The van der Waals surface area contributed by atoms with Gasteiger partial charge in [-0.3, -0.25) is 0 Å². The molecule has 0 saturated heterocycles. The second kappa shape index (κ2) is 6.92. The molecule has 3 heteroatoms. The van der Waals surface area contributed by atoms with Crippen molar-refractivity contribution in [3.05, 3.63) is 60.1 Å². The van der Waals surface area contributed by atoms with Crippen LogP contribution < -0.4 is 5.32 Å². The molecule has 2 N–H and O–H groups in total. The van der Waals surface area contributed by atoms with Gasteiger partial charge in [-0.05, 0) is 36.5 Å². The summed E-state index contributed by atoms with van der Waals surface area (Å²) in [4.78, 5) is 0. The maximum atomic E-state index is 9.54. The highest BCUT2D eigenvalue weighted by Crippen LogP contribution is 2.29. The van der Waals surface area contributed by atoms with Crippen LogP contribution in [-0.2, 0) is 5.41 Å². The molecule has 1 heterocycles. The zero-order chi connectivity index (χ0) is 15.3. The Morgan fingerprint density at radius 1 is 1.14 bits per heavy atom. The summed E-state index contributed by atoms with van der Waals surface area (Å²) in [7, 11) is 0. The Balaban J connectivity index is 1.99. The Labute approximate surface area is 127 Å². The summed E-state index contributed by atoms with van der Waals surface area (Å²) < 4.78 is 5.38. The lowest BCUT2D eigenvalue weighted by Gasteiger charge is -2.30. The minimum Gasteiger partial charge on any atom is -0.468 e. The van der Waals surface area contributed by atoms with Gasteiger partial charge in [0.05, 0.1) is 18.9 Å². The van der Waals surface area contributed by atoms with Gasteiger partial charge in [0.15, 0.2) is 0 Å². The first-order chi connectivity index (χ1) is 10.0. The first-order valence-corrected chi connectivity index (χ1v) is 7.49. The van der Waals surface area contributed by atoms with Gasteiger partial charge < -0.3 is 14.8 Å². The van der Waals surface area contributed by atoms with E-state index in [9.17, 15) is 5.11 Å². The molecule has 2 aromatic rings. The molecule has 0 aliphatic carbocycles. The molecule has 0 fully saturated rings. The highest BCUT2D eigenvalue weighted by Gasteiger charge is 2.25. The first kappa shape index (κ1) is 15.8. The highest BCUT2D eigenvalue weighted by atomic mass is 16.3. The standard InChI is InChI=1S/C18H25NO2/c1-14(19-16(13-20)17-10-7-11-21-17)12-18(2,3)15-8-5-4-6-9-15/h4-11,14,16,19-20H,12-13H2,1-3H3. The molecule has 0 radical (unpaired) electrons. The third-order valence-electron chi connectivity index (χ3n) is 3.93. The molecule has 2 unspecified atom stereocenters. The van der Waals surface area contributed by atoms with Crippen molar-refractivity contribution in [1.82, 2.24) is 5.32 Å². The van der Waals surface area contributed by atoms with Gasteiger partial charge in [0.25, 0.3) is 0 Å². The predicted octanol–water partition coefficient (Wildman–Crippen LogP) is 3.66. The Hall–Kier alpha value is -1.58. The third kappa shape index (κ3) is 4.19. The number of aliphatic hydroxyl groups excluding tert-OH is 1. The van der Waals surface area contributed by atoms with E-state index in [1.807, 2.05) is 18.2 Å². The van der Waals surface area contributed by atoms with E-state index < -0.39 is 0 Å². The van der Waals surface area contributed by atoms with E-state index in [2.05, 4.69) is 50.4 Å². The van der Waals surface area contributed by atoms with Crippen LogP contribution in [0.4, 0.5) is 0 Å². The third-order valence-corrected chi connectivity index (χ3v) is 3.93. The molecule has 21 heavy (non-hydrogen) atoms. The lowest BCUT2D eigenvalue weighted by molar-refractivity contribution is 0.209. The first-order valence-electron chi connectivity index (χ1n) is 7.49. The van der Waals surface area contributed by atoms with Gasteiger partial charge in [-0.25, -0.2) is 0 Å². The Kier molecular flexibility index (Phi) is 5.21. The molecule has 0 bridgehead atoms. The van der Waals surface area contributed by atoms with Crippen LogP contribution in [0, 0.1) is 0 Å². The maximum Gasteiger partial charge on any atom is 0.123 e. The van der Waals surface area contributed by atoms with Crippen molar-refractivity contribution in [3.8, 4) is 0 Å². The number of hydrogen-bond acceptors (Lipinski definition) is 3. The topological polar surface area (TPSA) is 45.4 Å². The van der Waals surface area contributed by atoms with Crippen molar-refractivity contribution in [1.29, 1.82) is 0 Å². The zero-order valence-corrected chi connectivity index (χ0v) is 13.0. The van der Waals surface area contributed by atoms with E-state index in [1.54, 1.807) is 6.26 Å². The lowest BCUT2D eigenvalue weighted by Crippen LogP contribution is -2.37. The van der Waals surface area contributed by atoms with Gasteiger partial charge in [0.2, 0.25) is 0 Å². The predicted molar refractivity (Wildman–Crippen MR) is 85.2 cm³/mol. The van der Waals surface area contributed by atoms with E-state index in [1.165, 1.54) is 5.56 Å². The molecular formula is C18H25NO2. The molecule has 0 spiro atoms. The molecule has 1 aromatic carbocycles. The van der Waals surface area contributed by atoms with Gasteiger partial charge >= 0.3 is 0 Å². The lowest BCUT2D eigenvalue weighted by atomic mass is 9.79. The summed E-state index contributed by atoms with van der Waals surface area (Å²) in [5.74, 6) is 0.780. The van der Waals surface area contributed by atoms with Gasteiger partial charge in [0.1, 0.15) is 5.76 Å². The van der Waals surface area contributed by atoms with Crippen LogP contribution in [-0.4, -0.2) is 17.8 Å². The van der Waals surface area contributed by atoms with Gasteiger partial charge in [-0.1, -0.05) is 44.2 Å². The molecular weight excluding hydrogens is 262 g/mol. The second-order valence-electron chi connectivity index (χ2n) is 6.27. The van der Waals surface area contributed by atoms with Gasteiger partial charge in [-0.2, -0.15) is 0 Å². The van der Waals surface area contributed by atoms with Crippen molar-refractivity contribution in [2.45, 2.75) is 44.7 Å². The summed E-state index contributed by atoms with van der Waals surface area (Å²) in [6, 6.07) is 14.4. The van der Waals surface area contributed by atoms with E-state index in [0.717, 1.165) is 12.2 Å². The smallest absolute Gasteiger partial charge is 0.123 e. The SMILES string of the molecule is CC(CC(C)(C)c1ccccc1)NC(CO)c1ccco1. The fourth-order valence-electron chi connectivity index (χ4n) is 2.89. The van der Waals surface area contributed by atoms with Gasteiger partial charge in [0, 0.05) is 6.04 Å². The average Bonchev–Trinajstić information content (AvgIpc) is 2.99. The van der Waals surface area contributed by atoms with E-state index in [4.69, 9.17) is 4.42 Å². The van der Waals surface area contributed by atoms with Gasteiger partial charge in [-0.15, -0.1) is 0 Å². The molecule has 114 valence electrons. The van der Waals surface area contributed by atoms with Crippen molar-refractivity contribution in [3.63, 3.8) is 0 Å². The molecule has 2 rings (SSSR count). The summed E-state index contributed by atoms with van der Waals surface area (Å²) >= 11 is 0. The molecule has 3 nitrogen and oxygen atoms in total. The summed E-state index contributed by atoms with van der Waals surface area (Å²) in [6.45, 7) is 6.68. The van der Waals surface area contributed by atoms with Crippen LogP contribution in [0.2, 0.25) is 0 Å². The fraction of sp³-hybridized carbons (Fsp3) is 0.444. The van der Waals surface area contributed by atoms with E-state index in [-0.39, 0.29) is 24.1 Å². The summed E-state index contributed by atoms with van der Waals surface area (Å²) in [5, 5.41) is 13.0. The minimum absolute atomic E-state index is 0.0314. The maximum absolute atomic E-state index is 9.54. The number of aliphatic hydroxyl groups is 1. The second-order valence-corrected chi connectivity index (χ2v) is 6.27. The molecule has 0 aliphatic rings. The number of hydrogen-bond donors (Lipinski definition) is 2. The van der Waals surface area contributed by atoms with Crippen molar-refractivity contribution in [2.75, 3.05) is 6.61 Å². The average molecular weight is 287 g/mol. The van der Waals surface area contributed by atoms with Crippen LogP contribution in [0.5, 0.6) is 0 Å². The normalized spacial score (nSPS) is 14.9. The van der Waals surface area contributed by atoms with Crippen LogP contribution in [0.1, 0.15) is 44.6 Å². The molecule has 0 aliphatic heterocycles. The number of rotatable bonds is 7. The summed E-state index contributed by atoms with van der Waals surface area (Å²) in [5.41, 5.74) is 1.41. The highest BCUT2D eigenvalue weighted by molar-refractivity contribution is 5.23. The number of furan rings is 1. The quantitative estimate of drug-likeness (QED) is 0.817. The van der Waals surface area contributed by atoms with Crippen LogP contribution in [0.3, 0.4) is 0 Å². The molecule has 0 saturated carbocycles. The minimum atomic E-state index is -0.151. The van der Waals surface area contributed by atoms with E-state index >= 15 is 0 Å². The zero-order valence-electron chi connectivity index (χ0n) is 13.0. The van der Waals surface area contributed by atoms with Crippen molar-refractivity contribution in [2.24, 2.45) is 0 Å². The monoisotopic (exact) mass is 287 g/mol. The number of nitrogens with one attached hydrogen (secondary N) is 1. The van der Waals surface area contributed by atoms with Crippen LogP contribution in [0.25, 0.3) is 0 Å². The largest absolute Gasteiger partial charge is 0.468 e. The fourth-order valence-corrected chi connectivity index (χ4v) is 2.89. The Morgan fingerprint density at radius 2 is 1.86 bits per heavy atom. The molecule has 1 aromatic heterocycles. The van der Waals surface area contributed by atoms with Crippen molar-refractivity contribution >= 4 is 0 Å². The van der Waals surface area contributed by atoms with Crippen molar-refractivity contribution < 1.29 is 9.52 Å². The summed E-state index contributed by atoms with van der Waals surface area (Å²) in [6.07, 6.45) is 2.62. The van der Waals surface area contributed by atoms with Crippen LogP contribution >= 0.6 is 0 Å². The van der Waals surface area contributed by atoms with E-state index in [0.29, 0.717) is 0 Å². The Bertz CT molecular complexity index is 519. The molecule has 0 amide bonds.